The number of hydrogen-bond donors (Lipinski definition) is 0. The third-order valence-electron chi connectivity index (χ3n) is 7.33. The molecule has 0 unspecified atom stereocenters. The van der Waals surface area contributed by atoms with Gasteiger partial charge in [-0.3, -0.25) is 0 Å². The van der Waals surface area contributed by atoms with E-state index >= 15 is 0 Å². The number of nitriles is 1. The Labute approximate surface area is 232 Å². The summed E-state index contributed by atoms with van der Waals surface area (Å²) in [6, 6.07) is 49.9. The summed E-state index contributed by atoms with van der Waals surface area (Å²) in [4.78, 5) is 10.00. The Bertz CT molecular complexity index is 2030. The monoisotopic (exact) mass is 509 g/mol. The lowest BCUT2D eigenvalue weighted by Gasteiger charge is -2.11. The van der Waals surface area contributed by atoms with Crippen LogP contribution in [0.15, 0.2) is 140 Å². The standard InChI is InChI=1S/C37H23N3/c38-24-25-9-11-27(12-10-25)28-13-15-29(16-14-28)30-17-20-31(21-18-30)37-39-35-8-4-3-7-34(35)36(40-37)33-22-19-26-5-1-2-6-32(26)23-33/h1-23H. The van der Waals surface area contributed by atoms with E-state index in [9.17, 15) is 0 Å². The van der Waals surface area contributed by atoms with Crippen molar-refractivity contribution in [2.45, 2.75) is 0 Å². The molecule has 3 heteroatoms. The summed E-state index contributed by atoms with van der Waals surface area (Å²) in [7, 11) is 0. The minimum Gasteiger partial charge on any atom is -0.228 e. The highest BCUT2D eigenvalue weighted by Crippen LogP contribution is 2.32. The van der Waals surface area contributed by atoms with Gasteiger partial charge in [0.05, 0.1) is 22.8 Å². The molecular weight excluding hydrogens is 486 g/mol. The van der Waals surface area contributed by atoms with E-state index in [1.807, 2.05) is 36.4 Å². The maximum Gasteiger partial charge on any atom is 0.160 e. The smallest absolute Gasteiger partial charge is 0.160 e. The maximum atomic E-state index is 9.04. The number of benzene rings is 6. The minimum absolute atomic E-state index is 0.667. The van der Waals surface area contributed by atoms with Crippen molar-refractivity contribution in [2.24, 2.45) is 0 Å². The average molecular weight is 510 g/mol. The lowest BCUT2D eigenvalue weighted by molar-refractivity contribution is 1.23. The normalized spacial score (nSPS) is 11.0. The predicted molar refractivity (Wildman–Crippen MR) is 164 cm³/mol. The Morgan fingerprint density at radius 2 is 0.975 bits per heavy atom. The third-order valence-corrected chi connectivity index (χ3v) is 7.33. The van der Waals surface area contributed by atoms with Crippen LogP contribution in [-0.4, -0.2) is 9.97 Å². The first kappa shape index (κ1) is 23.5. The highest BCUT2D eigenvalue weighted by molar-refractivity contribution is 5.96. The number of para-hydroxylation sites is 1. The van der Waals surface area contributed by atoms with Gasteiger partial charge >= 0.3 is 0 Å². The highest BCUT2D eigenvalue weighted by Gasteiger charge is 2.12. The molecule has 1 aromatic heterocycles. The fourth-order valence-corrected chi connectivity index (χ4v) is 5.17. The molecule has 0 atom stereocenters. The molecule has 6 aromatic carbocycles. The Hall–Kier alpha value is -5.59. The van der Waals surface area contributed by atoms with E-state index in [0.717, 1.165) is 50.0 Å². The van der Waals surface area contributed by atoms with Crippen LogP contribution in [0.3, 0.4) is 0 Å². The zero-order valence-corrected chi connectivity index (χ0v) is 21.6. The molecule has 7 rings (SSSR count). The van der Waals surface area contributed by atoms with Crippen molar-refractivity contribution >= 4 is 21.7 Å². The van der Waals surface area contributed by atoms with Crippen LogP contribution in [0.1, 0.15) is 5.56 Å². The van der Waals surface area contributed by atoms with Gasteiger partial charge in [0.15, 0.2) is 5.82 Å². The molecule has 0 spiro atoms. The first-order valence-electron chi connectivity index (χ1n) is 13.2. The summed E-state index contributed by atoms with van der Waals surface area (Å²) >= 11 is 0. The van der Waals surface area contributed by atoms with Crippen LogP contribution in [0.4, 0.5) is 0 Å². The van der Waals surface area contributed by atoms with E-state index in [4.69, 9.17) is 15.2 Å². The Kier molecular flexibility index (Phi) is 5.85. The van der Waals surface area contributed by atoms with Gasteiger partial charge in [-0.2, -0.15) is 5.26 Å². The van der Waals surface area contributed by atoms with Crippen LogP contribution in [0, 0.1) is 11.3 Å². The fraction of sp³-hybridized carbons (Fsp3) is 0. The predicted octanol–water partition coefficient (Wildman–Crippen LogP) is 9.32. The lowest BCUT2D eigenvalue weighted by Crippen LogP contribution is -1.95. The molecule has 1 heterocycles. The molecular formula is C37H23N3. The van der Waals surface area contributed by atoms with Crippen LogP contribution in [-0.2, 0) is 0 Å². The molecule has 186 valence electrons. The third kappa shape index (κ3) is 4.38. The van der Waals surface area contributed by atoms with Crippen LogP contribution in [0.5, 0.6) is 0 Å². The Morgan fingerprint density at radius 3 is 1.62 bits per heavy atom. The number of hydrogen-bond acceptors (Lipinski definition) is 3. The molecule has 0 amide bonds. The van der Waals surface area contributed by atoms with Crippen LogP contribution >= 0.6 is 0 Å². The fourth-order valence-electron chi connectivity index (χ4n) is 5.17. The van der Waals surface area contributed by atoms with E-state index in [1.165, 1.54) is 10.8 Å². The topological polar surface area (TPSA) is 49.6 Å². The van der Waals surface area contributed by atoms with Gasteiger partial charge in [0.2, 0.25) is 0 Å². The molecule has 0 saturated carbocycles. The quantitative estimate of drug-likeness (QED) is 0.237. The number of nitrogens with zero attached hydrogens (tertiary/aromatic N) is 3. The van der Waals surface area contributed by atoms with Gasteiger partial charge in [0.25, 0.3) is 0 Å². The summed E-state index contributed by atoms with van der Waals surface area (Å²) in [5.41, 5.74) is 9.08. The van der Waals surface area contributed by atoms with E-state index in [0.29, 0.717) is 11.4 Å². The van der Waals surface area contributed by atoms with Gasteiger partial charge in [-0.15, -0.1) is 0 Å². The van der Waals surface area contributed by atoms with Gasteiger partial charge in [-0.1, -0.05) is 115 Å². The molecule has 7 aromatic rings. The summed E-state index contributed by atoms with van der Waals surface area (Å²) < 4.78 is 0. The van der Waals surface area contributed by atoms with Crippen LogP contribution in [0.2, 0.25) is 0 Å². The average Bonchev–Trinajstić information content (AvgIpc) is 3.04. The van der Waals surface area contributed by atoms with Crippen LogP contribution < -0.4 is 0 Å². The van der Waals surface area contributed by atoms with Crippen molar-refractivity contribution in [3.05, 3.63) is 145 Å². The molecule has 0 radical (unpaired) electrons. The largest absolute Gasteiger partial charge is 0.228 e. The van der Waals surface area contributed by atoms with Crippen molar-refractivity contribution in [3.63, 3.8) is 0 Å². The first-order valence-corrected chi connectivity index (χ1v) is 13.2. The van der Waals surface area contributed by atoms with Crippen LogP contribution in [0.25, 0.3) is 66.6 Å². The molecule has 0 aliphatic heterocycles. The second-order valence-electron chi connectivity index (χ2n) is 9.82. The minimum atomic E-state index is 0.667. The van der Waals surface area contributed by atoms with Crippen molar-refractivity contribution in [1.82, 2.24) is 9.97 Å². The Morgan fingerprint density at radius 1 is 0.450 bits per heavy atom. The molecule has 0 aliphatic rings. The molecule has 0 bridgehead atoms. The molecule has 0 N–H and O–H groups in total. The summed E-state index contributed by atoms with van der Waals surface area (Å²) in [6.07, 6.45) is 0. The van der Waals surface area contributed by atoms with Crippen molar-refractivity contribution in [1.29, 1.82) is 5.26 Å². The highest BCUT2D eigenvalue weighted by atomic mass is 14.9. The molecule has 0 aliphatic carbocycles. The number of aromatic nitrogens is 2. The molecule has 0 saturated heterocycles. The van der Waals surface area contributed by atoms with Gasteiger partial charge < -0.3 is 0 Å². The van der Waals surface area contributed by atoms with Gasteiger partial charge in [0.1, 0.15) is 0 Å². The Balaban J connectivity index is 1.23. The van der Waals surface area contributed by atoms with Gasteiger partial charge in [-0.25, -0.2) is 9.97 Å². The second-order valence-corrected chi connectivity index (χ2v) is 9.82. The summed E-state index contributed by atoms with van der Waals surface area (Å²) in [5.74, 6) is 0.713. The van der Waals surface area contributed by atoms with E-state index in [-0.39, 0.29) is 0 Å². The van der Waals surface area contributed by atoms with Crippen molar-refractivity contribution in [3.8, 4) is 51.0 Å². The summed E-state index contributed by atoms with van der Waals surface area (Å²) in [6.45, 7) is 0. The molecule has 0 fully saturated rings. The lowest BCUT2D eigenvalue weighted by atomic mass is 9.99. The molecule has 40 heavy (non-hydrogen) atoms. The summed E-state index contributed by atoms with van der Waals surface area (Å²) in [5, 5.41) is 12.5. The SMILES string of the molecule is N#Cc1ccc(-c2ccc(-c3ccc(-c4nc(-c5ccc6ccccc6c5)c5ccccc5n4)cc3)cc2)cc1. The zero-order valence-electron chi connectivity index (χ0n) is 21.6. The van der Waals surface area contributed by atoms with E-state index < -0.39 is 0 Å². The van der Waals surface area contributed by atoms with Crippen molar-refractivity contribution in [2.75, 3.05) is 0 Å². The maximum absolute atomic E-state index is 9.04. The van der Waals surface area contributed by atoms with Gasteiger partial charge in [-0.05, 0) is 57.3 Å². The molecule has 3 nitrogen and oxygen atoms in total. The van der Waals surface area contributed by atoms with E-state index in [1.54, 1.807) is 0 Å². The number of fused-ring (bicyclic) bond motifs is 2. The first-order chi connectivity index (χ1) is 19.7. The zero-order chi connectivity index (χ0) is 26.9. The van der Waals surface area contributed by atoms with Crippen molar-refractivity contribution < 1.29 is 0 Å². The van der Waals surface area contributed by atoms with E-state index in [2.05, 4.69) is 109 Å². The number of rotatable bonds is 4. The second kappa shape index (κ2) is 9.94. The van der Waals surface area contributed by atoms with Gasteiger partial charge in [0, 0.05) is 16.5 Å².